The highest BCUT2D eigenvalue weighted by Gasteiger charge is 2.10. The molecule has 0 unspecified atom stereocenters. The van der Waals surface area contributed by atoms with E-state index in [-0.39, 0.29) is 5.91 Å². The molecule has 0 heterocycles. The highest BCUT2D eigenvalue weighted by atomic mass is 32.2. The smallest absolute Gasteiger partial charge is 0.251 e. The van der Waals surface area contributed by atoms with Gasteiger partial charge in [0.1, 0.15) is 0 Å². The first kappa shape index (κ1) is 19.4. The average Bonchev–Trinajstić information content (AvgIpc) is 2.50. The second-order valence-electron chi connectivity index (χ2n) is 5.66. The van der Waals surface area contributed by atoms with E-state index in [1.165, 1.54) is 17.6 Å². The van der Waals surface area contributed by atoms with E-state index in [2.05, 4.69) is 17.1 Å². The van der Waals surface area contributed by atoms with E-state index in [1.54, 1.807) is 12.1 Å². The summed E-state index contributed by atoms with van der Waals surface area (Å²) in [6.45, 7) is 3.93. The van der Waals surface area contributed by atoms with E-state index in [0.29, 0.717) is 25.1 Å². The predicted molar refractivity (Wildman–Crippen MR) is 94.4 cm³/mol. The lowest BCUT2D eigenvalue weighted by Gasteiger charge is -2.18. The molecule has 1 aromatic rings. The number of sulfonamides is 1. The van der Waals surface area contributed by atoms with Crippen molar-refractivity contribution in [3.63, 3.8) is 0 Å². The number of anilines is 1. The van der Waals surface area contributed by atoms with Gasteiger partial charge < -0.3 is 10.2 Å². The van der Waals surface area contributed by atoms with Gasteiger partial charge in [-0.2, -0.15) is 0 Å². The summed E-state index contributed by atoms with van der Waals surface area (Å²) in [5, 5.41) is 2.81. The molecule has 0 aliphatic heterocycles. The van der Waals surface area contributed by atoms with Crippen LogP contribution in [0.15, 0.2) is 24.3 Å². The van der Waals surface area contributed by atoms with Crippen molar-refractivity contribution in [1.82, 2.24) is 9.62 Å². The van der Waals surface area contributed by atoms with Crippen LogP contribution in [0.25, 0.3) is 0 Å². The summed E-state index contributed by atoms with van der Waals surface area (Å²) in [5.41, 5.74) is 1.69. The van der Waals surface area contributed by atoms with Crippen LogP contribution in [0.1, 0.15) is 30.1 Å². The summed E-state index contributed by atoms with van der Waals surface area (Å²) >= 11 is 0. The Bertz CT molecular complexity index is 600. The Morgan fingerprint density at radius 3 is 2.26 bits per heavy atom. The maximum absolute atomic E-state index is 12.0. The van der Waals surface area contributed by atoms with Crippen molar-refractivity contribution < 1.29 is 13.2 Å². The quantitative estimate of drug-likeness (QED) is 0.692. The summed E-state index contributed by atoms with van der Waals surface area (Å²) in [4.78, 5) is 14.2. The molecule has 7 heteroatoms. The van der Waals surface area contributed by atoms with Crippen molar-refractivity contribution in [3.05, 3.63) is 29.8 Å². The van der Waals surface area contributed by atoms with Crippen LogP contribution in [-0.4, -0.2) is 58.6 Å². The zero-order valence-electron chi connectivity index (χ0n) is 14.4. The van der Waals surface area contributed by atoms with Crippen molar-refractivity contribution in [2.75, 3.05) is 44.9 Å². The number of carbonyl (C=O) groups excluding carboxylic acids is 1. The summed E-state index contributed by atoms with van der Waals surface area (Å²) < 4.78 is 23.8. The van der Waals surface area contributed by atoms with Gasteiger partial charge in [-0.05, 0) is 37.1 Å². The normalized spacial score (nSPS) is 11.5. The van der Waals surface area contributed by atoms with Crippen LogP contribution in [0, 0.1) is 0 Å². The molecule has 0 atom stereocenters. The maximum Gasteiger partial charge on any atom is 0.251 e. The van der Waals surface area contributed by atoms with E-state index in [0.717, 1.165) is 18.7 Å². The van der Waals surface area contributed by atoms with Gasteiger partial charge in [-0.15, -0.1) is 0 Å². The fraction of sp³-hybridized carbons (Fsp3) is 0.562. The van der Waals surface area contributed by atoms with E-state index < -0.39 is 10.0 Å². The first-order valence-electron chi connectivity index (χ1n) is 7.76. The van der Waals surface area contributed by atoms with Gasteiger partial charge in [0.05, 0.1) is 6.26 Å². The fourth-order valence-corrected chi connectivity index (χ4v) is 2.56. The molecule has 0 spiro atoms. The molecule has 0 fully saturated rings. The lowest BCUT2D eigenvalue weighted by Crippen LogP contribution is -2.30. The summed E-state index contributed by atoms with van der Waals surface area (Å²) in [5.74, 6) is -0.142. The number of carbonyl (C=O) groups is 1. The second kappa shape index (κ2) is 8.88. The van der Waals surface area contributed by atoms with Crippen LogP contribution in [0.3, 0.4) is 0 Å². The molecule has 23 heavy (non-hydrogen) atoms. The molecule has 0 saturated carbocycles. The Morgan fingerprint density at radius 1 is 1.13 bits per heavy atom. The minimum Gasteiger partial charge on any atom is -0.375 e. The average molecular weight is 341 g/mol. The third-order valence-electron chi connectivity index (χ3n) is 3.63. The van der Waals surface area contributed by atoms with Crippen LogP contribution in [-0.2, 0) is 10.0 Å². The molecule has 6 nitrogen and oxygen atoms in total. The molecular formula is C16H27N3O3S. The Hall–Kier alpha value is -1.60. The number of nitrogens with zero attached hydrogens (tertiary/aromatic N) is 2. The Kier molecular flexibility index (Phi) is 7.51. The maximum atomic E-state index is 12.0. The van der Waals surface area contributed by atoms with Crippen LogP contribution in [0.5, 0.6) is 0 Å². The molecule has 130 valence electrons. The van der Waals surface area contributed by atoms with Gasteiger partial charge in [-0.3, -0.25) is 4.79 Å². The Morgan fingerprint density at radius 2 is 1.74 bits per heavy atom. The van der Waals surface area contributed by atoms with Crippen molar-refractivity contribution in [2.24, 2.45) is 0 Å². The standard InChI is InChI=1S/C16H27N3O3S/c1-5-12-18(2)15-9-7-14(8-10-15)16(20)17-11-6-13-19(3)23(4,21)22/h7-10H,5-6,11-13H2,1-4H3,(H,17,20). The van der Waals surface area contributed by atoms with Gasteiger partial charge in [-0.25, -0.2) is 12.7 Å². The topological polar surface area (TPSA) is 69.7 Å². The number of benzene rings is 1. The van der Waals surface area contributed by atoms with Crippen LogP contribution < -0.4 is 10.2 Å². The zero-order chi connectivity index (χ0) is 17.5. The molecule has 0 aliphatic rings. The largest absolute Gasteiger partial charge is 0.375 e. The molecule has 0 radical (unpaired) electrons. The molecule has 0 bridgehead atoms. The molecule has 1 rings (SSSR count). The van der Waals surface area contributed by atoms with E-state index >= 15 is 0 Å². The number of rotatable bonds is 9. The molecule has 0 aliphatic carbocycles. The summed E-state index contributed by atoms with van der Waals surface area (Å²) in [6.07, 6.45) is 2.82. The fourth-order valence-electron chi connectivity index (χ4n) is 2.10. The SMILES string of the molecule is CCCN(C)c1ccc(C(=O)NCCCN(C)S(C)(=O)=O)cc1. The lowest BCUT2D eigenvalue weighted by molar-refractivity contribution is 0.0953. The van der Waals surface area contributed by atoms with E-state index in [4.69, 9.17) is 0 Å². The Balaban J connectivity index is 2.43. The number of hydrogen-bond donors (Lipinski definition) is 1. The van der Waals surface area contributed by atoms with Crippen molar-refractivity contribution in [2.45, 2.75) is 19.8 Å². The third kappa shape index (κ3) is 6.58. The predicted octanol–water partition coefficient (Wildman–Crippen LogP) is 1.54. The molecule has 0 saturated heterocycles. The van der Waals surface area contributed by atoms with Gasteiger partial charge >= 0.3 is 0 Å². The van der Waals surface area contributed by atoms with Crippen molar-refractivity contribution in [3.8, 4) is 0 Å². The zero-order valence-corrected chi connectivity index (χ0v) is 15.2. The van der Waals surface area contributed by atoms with Crippen LogP contribution >= 0.6 is 0 Å². The van der Waals surface area contributed by atoms with Crippen molar-refractivity contribution in [1.29, 1.82) is 0 Å². The van der Waals surface area contributed by atoms with Gasteiger partial charge in [0.2, 0.25) is 10.0 Å². The monoisotopic (exact) mass is 341 g/mol. The summed E-state index contributed by atoms with van der Waals surface area (Å²) in [7, 11) is 0.398. The first-order chi connectivity index (χ1) is 10.8. The molecule has 1 amide bonds. The third-order valence-corrected chi connectivity index (χ3v) is 4.95. The molecule has 1 aromatic carbocycles. The molecular weight excluding hydrogens is 314 g/mol. The van der Waals surface area contributed by atoms with E-state index in [9.17, 15) is 13.2 Å². The molecule has 1 N–H and O–H groups in total. The van der Waals surface area contributed by atoms with Gasteiger partial charge in [0.15, 0.2) is 0 Å². The minimum atomic E-state index is -3.16. The van der Waals surface area contributed by atoms with Gasteiger partial charge in [0.25, 0.3) is 5.91 Å². The van der Waals surface area contributed by atoms with Crippen LogP contribution in [0.4, 0.5) is 5.69 Å². The van der Waals surface area contributed by atoms with Gasteiger partial charge in [-0.1, -0.05) is 6.92 Å². The highest BCUT2D eigenvalue weighted by Crippen LogP contribution is 2.14. The second-order valence-corrected chi connectivity index (χ2v) is 7.75. The van der Waals surface area contributed by atoms with Crippen LogP contribution in [0.2, 0.25) is 0 Å². The highest BCUT2D eigenvalue weighted by molar-refractivity contribution is 7.88. The minimum absolute atomic E-state index is 0.142. The number of nitrogens with one attached hydrogen (secondary N) is 1. The Labute approximate surface area is 139 Å². The van der Waals surface area contributed by atoms with Crippen molar-refractivity contribution >= 4 is 21.6 Å². The number of hydrogen-bond acceptors (Lipinski definition) is 4. The summed E-state index contributed by atoms with van der Waals surface area (Å²) in [6, 6.07) is 7.48. The molecule has 0 aromatic heterocycles. The number of amides is 1. The van der Waals surface area contributed by atoms with E-state index in [1.807, 2.05) is 19.2 Å². The first-order valence-corrected chi connectivity index (χ1v) is 9.61. The van der Waals surface area contributed by atoms with Gasteiger partial charge in [0, 0.05) is 45.0 Å². The lowest BCUT2D eigenvalue weighted by atomic mass is 10.2.